The van der Waals surface area contributed by atoms with Crippen LogP contribution < -0.4 is 10.1 Å². The predicted molar refractivity (Wildman–Crippen MR) is 80.7 cm³/mol. The topological polar surface area (TPSA) is 39.1 Å². The van der Waals surface area contributed by atoms with Gasteiger partial charge in [0.1, 0.15) is 12.4 Å². The van der Waals surface area contributed by atoms with Gasteiger partial charge in [-0.05, 0) is 30.7 Å². The second kappa shape index (κ2) is 7.70. The van der Waals surface area contributed by atoms with Gasteiger partial charge in [-0.2, -0.15) is 0 Å². The average molecular weight is 273 g/mol. The molecule has 4 heteroatoms. The van der Waals surface area contributed by atoms with Crippen LogP contribution in [-0.4, -0.2) is 16.1 Å². The maximum absolute atomic E-state index is 5.82. The smallest absolute Gasteiger partial charge is 0.130 e. The van der Waals surface area contributed by atoms with Crippen molar-refractivity contribution in [3.05, 3.63) is 48.0 Å². The van der Waals surface area contributed by atoms with Gasteiger partial charge in [-0.1, -0.05) is 26.0 Å². The lowest BCUT2D eigenvalue weighted by Gasteiger charge is -2.09. The van der Waals surface area contributed by atoms with Crippen molar-refractivity contribution >= 4 is 0 Å². The van der Waals surface area contributed by atoms with Crippen molar-refractivity contribution in [2.24, 2.45) is 0 Å². The minimum atomic E-state index is 0.562. The van der Waals surface area contributed by atoms with Crippen molar-refractivity contribution in [2.75, 3.05) is 6.54 Å². The summed E-state index contributed by atoms with van der Waals surface area (Å²) in [5.74, 6) is 0.898. The summed E-state index contributed by atoms with van der Waals surface area (Å²) in [5, 5.41) is 3.31. The second-order valence-corrected chi connectivity index (χ2v) is 4.79. The molecular weight excluding hydrogens is 250 g/mol. The first kappa shape index (κ1) is 14.6. The van der Waals surface area contributed by atoms with Gasteiger partial charge in [0.25, 0.3) is 0 Å². The third-order valence-electron chi connectivity index (χ3n) is 3.15. The van der Waals surface area contributed by atoms with Crippen molar-refractivity contribution in [1.82, 2.24) is 14.9 Å². The Kier molecular flexibility index (Phi) is 5.62. The Labute approximate surface area is 120 Å². The summed E-state index contributed by atoms with van der Waals surface area (Å²) in [7, 11) is 0. The first-order valence-electron chi connectivity index (χ1n) is 7.25. The summed E-state index contributed by atoms with van der Waals surface area (Å²) in [6, 6.07) is 8.24. The maximum Gasteiger partial charge on any atom is 0.130 e. The molecule has 1 heterocycles. The van der Waals surface area contributed by atoms with Crippen LogP contribution in [0.5, 0.6) is 5.75 Å². The van der Waals surface area contributed by atoms with Gasteiger partial charge < -0.3 is 14.6 Å². The number of hydrogen-bond acceptors (Lipinski definition) is 3. The molecule has 0 atom stereocenters. The zero-order valence-corrected chi connectivity index (χ0v) is 12.3. The van der Waals surface area contributed by atoms with Crippen molar-refractivity contribution in [3.63, 3.8) is 0 Å². The van der Waals surface area contributed by atoms with Crippen molar-refractivity contribution in [1.29, 1.82) is 0 Å². The summed E-state index contributed by atoms with van der Waals surface area (Å²) >= 11 is 0. The summed E-state index contributed by atoms with van der Waals surface area (Å²) < 4.78 is 7.95. The fraction of sp³-hybridized carbons (Fsp3) is 0.438. The van der Waals surface area contributed by atoms with E-state index in [1.165, 1.54) is 5.56 Å². The van der Waals surface area contributed by atoms with Crippen LogP contribution in [0, 0.1) is 0 Å². The van der Waals surface area contributed by atoms with Gasteiger partial charge in [0.2, 0.25) is 0 Å². The summed E-state index contributed by atoms with van der Waals surface area (Å²) in [5.41, 5.74) is 2.39. The van der Waals surface area contributed by atoms with Gasteiger partial charge in [0.15, 0.2) is 0 Å². The molecule has 0 aliphatic rings. The highest BCUT2D eigenvalue weighted by Crippen LogP contribution is 2.14. The SMILES string of the molecule is CCCn1cncc1COc1ccc(CNCC)cc1. The number of nitrogens with zero attached hydrogens (tertiary/aromatic N) is 2. The van der Waals surface area contributed by atoms with Crippen LogP contribution in [0.15, 0.2) is 36.8 Å². The summed E-state index contributed by atoms with van der Waals surface area (Å²) in [6.07, 6.45) is 4.83. The molecule has 2 rings (SSSR count). The molecular formula is C16H23N3O. The van der Waals surface area contributed by atoms with Crippen LogP contribution in [0.1, 0.15) is 31.5 Å². The van der Waals surface area contributed by atoms with Crippen LogP contribution in [0.4, 0.5) is 0 Å². The molecule has 0 aliphatic carbocycles. The van der Waals surface area contributed by atoms with Crippen LogP contribution in [0.3, 0.4) is 0 Å². The summed E-state index contributed by atoms with van der Waals surface area (Å²) in [6.45, 7) is 7.71. The van der Waals surface area contributed by atoms with E-state index in [1.807, 2.05) is 24.7 Å². The number of hydrogen-bond donors (Lipinski definition) is 1. The van der Waals surface area contributed by atoms with Crippen LogP contribution >= 0.6 is 0 Å². The van der Waals surface area contributed by atoms with Crippen molar-refractivity contribution in [2.45, 2.75) is 40.0 Å². The Morgan fingerprint density at radius 2 is 2.00 bits per heavy atom. The molecule has 0 amide bonds. The van der Waals surface area contributed by atoms with E-state index in [-0.39, 0.29) is 0 Å². The Morgan fingerprint density at radius 3 is 2.70 bits per heavy atom. The third-order valence-corrected chi connectivity index (χ3v) is 3.15. The molecule has 1 aromatic heterocycles. The van der Waals surface area contributed by atoms with Gasteiger partial charge in [0, 0.05) is 13.1 Å². The van der Waals surface area contributed by atoms with Gasteiger partial charge in [-0.15, -0.1) is 0 Å². The van der Waals surface area contributed by atoms with Gasteiger partial charge >= 0.3 is 0 Å². The minimum Gasteiger partial charge on any atom is -0.487 e. The molecule has 108 valence electrons. The molecule has 0 fully saturated rings. The fourth-order valence-electron chi connectivity index (χ4n) is 2.04. The number of aryl methyl sites for hydroxylation is 1. The first-order valence-corrected chi connectivity index (χ1v) is 7.25. The average Bonchev–Trinajstić information content (AvgIpc) is 2.92. The molecule has 0 bridgehead atoms. The second-order valence-electron chi connectivity index (χ2n) is 4.79. The minimum absolute atomic E-state index is 0.562. The van der Waals surface area contributed by atoms with Gasteiger partial charge in [-0.25, -0.2) is 4.98 Å². The number of benzene rings is 1. The lowest BCUT2D eigenvalue weighted by atomic mass is 10.2. The quantitative estimate of drug-likeness (QED) is 0.803. The van der Waals surface area contributed by atoms with E-state index in [0.717, 1.165) is 37.5 Å². The normalized spacial score (nSPS) is 10.7. The van der Waals surface area contributed by atoms with E-state index in [0.29, 0.717) is 6.61 Å². The van der Waals surface area contributed by atoms with E-state index in [1.54, 1.807) is 0 Å². The molecule has 0 saturated heterocycles. The van der Waals surface area contributed by atoms with E-state index in [4.69, 9.17) is 4.74 Å². The molecule has 1 N–H and O–H groups in total. The number of imidazole rings is 1. The lowest BCUT2D eigenvalue weighted by molar-refractivity contribution is 0.294. The first-order chi connectivity index (χ1) is 9.83. The van der Waals surface area contributed by atoms with E-state index >= 15 is 0 Å². The molecule has 0 saturated carbocycles. The van der Waals surface area contributed by atoms with E-state index in [9.17, 15) is 0 Å². The monoisotopic (exact) mass is 273 g/mol. The van der Waals surface area contributed by atoms with Crippen molar-refractivity contribution in [3.8, 4) is 5.75 Å². The maximum atomic E-state index is 5.82. The van der Waals surface area contributed by atoms with E-state index < -0.39 is 0 Å². The molecule has 2 aromatic rings. The third kappa shape index (κ3) is 4.10. The zero-order chi connectivity index (χ0) is 14.2. The lowest BCUT2D eigenvalue weighted by Crippen LogP contribution is -2.11. The number of ether oxygens (including phenoxy) is 1. The molecule has 0 spiro atoms. The molecule has 0 radical (unpaired) electrons. The fourth-order valence-corrected chi connectivity index (χ4v) is 2.04. The molecule has 0 unspecified atom stereocenters. The Morgan fingerprint density at radius 1 is 1.20 bits per heavy atom. The molecule has 0 aliphatic heterocycles. The molecule has 1 aromatic carbocycles. The largest absolute Gasteiger partial charge is 0.487 e. The van der Waals surface area contributed by atoms with Crippen molar-refractivity contribution < 1.29 is 4.74 Å². The van der Waals surface area contributed by atoms with Crippen LogP contribution in [0.25, 0.3) is 0 Å². The van der Waals surface area contributed by atoms with E-state index in [2.05, 4.69) is 40.8 Å². The standard InChI is InChI=1S/C16H23N3O/c1-3-9-19-13-18-11-15(19)12-20-16-7-5-14(6-8-16)10-17-4-2/h5-8,11,13,17H,3-4,9-10,12H2,1-2H3. The Hall–Kier alpha value is -1.81. The molecule has 20 heavy (non-hydrogen) atoms. The van der Waals surface area contributed by atoms with Crippen LogP contribution in [0.2, 0.25) is 0 Å². The summed E-state index contributed by atoms with van der Waals surface area (Å²) in [4.78, 5) is 4.18. The van der Waals surface area contributed by atoms with Gasteiger partial charge in [-0.3, -0.25) is 0 Å². The predicted octanol–water partition coefficient (Wildman–Crippen LogP) is 2.98. The molecule has 4 nitrogen and oxygen atoms in total. The highest BCUT2D eigenvalue weighted by Gasteiger charge is 2.02. The number of rotatable bonds is 8. The number of nitrogens with one attached hydrogen (secondary N) is 1. The number of aromatic nitrogens is 2. The van der Waals surface area contributed by atoms with Gasteiger partial charge in [0.05, 0.1) is 18.2 Å². The van der Waals surface area contributed by atoms with Crippen LogP contribution in [-0.2, 0) is 19.7 Å². The Balaban J connectivity index is 1.88. The highest BCUT2D eigenvalue weighted by atomic mass is 16.5. The zero-order valence-electron chi connectivity index (χ0n) is 12.3. The highest BCUT2D eigenvalue weighted by molar-refractivity contribution is 5.27. The Bertz CT molecular complexity index is 505.